The molecular weight excluding hydrogens is 382 g/mol. The van der Waals surface area contributed by atoms with Crippen LogP contribution in [0.3, 0.4) is 0 Å². The Balaban J connectivity index is 1.31. The van der Waals surface area contributed by atoms with Crippen LogP contribution in [0.4, 0.5) is 0 Å². The van der Waals surface area contributed by atoms with Gasteiger partial charge in [0.2, 0.25) is 0 Å². The number of carbonyl (C=O) groups excluding carboxylic acids is 1. The molecule has 0 unspecified atom stereocenters. The van der Waals surface area contributed by atoms with Crippen molar-refractivity contribution in [1.29, 1.82) is 0 Å². The molecule has 1 saturated heterocycles. The molecule has 0 bridgehead atoms. The highest BCUT2D eigenvalue weighted by molar-refractivity contribution is 6.01. The molecular formula is C23H23N3O4. The summed E-state index contributed by atoms with van der Waals surface area (Å²) in [7, 11) is 0. The first-order chi connectivity index (χ1) is 14.7. The van der Waals surface area contributed by atoms with Crippen molar-refractivity contribution < 1.29 is 19.4 Å². The number of benzene rings is 2. The molecule has 0 saturated carbocycles. The fourth-order valence-electron chi connectivity index (χ4n) is 3.98. The molecule has 2 aromatic carbocycles. The minimum Gasteiger partial charge on any atom is -0.484 e. The highest BCUT2D eigenvalue weighted by atomic mass is 16.5. The third-order valence-corrected chi connectivity index (χ3v) is 5.60. The quantitative estimate of drug-likeness (QED) is 0.706. The molecule has 7 heteroatoms. The van der Waals surface area contributed by atoms with Crippen molar-refractivity contribution in [3.05, 3.63) is 77.6 Å². The van der Waals surface area contributed by atoms with Crippen molar-refractivity contribution in [1.82, 2.24) is 14.7 Å². The topological polar surface area (TPSA) is 76.8 Å². The fourth-order valence-corrected chi connectivity index (χ4v) is 3.98. The zero-order chi connectivity index (χ0) is 20.5. The Kier molecular flexibility index (Phi) is 4.98. The van der Waals surface area contributed by atoms with Crippen LogP contribution in [0.5, 0.6) is 5.75 Å². The van der Waals surface area contributed by atoms with Crippen molar-refractivity contribution in [3.63, 3.8) is 0 Å². The van der Waals surface area contributed by atoms with Gasteiger partial charge in [0.05, 0.1) is 24.0 Å². The number of carbonyl (C=O) groups is 1. The average molecular weight is 405 g/mol. The summed E-state index contributed by atoms with van der Waals surface area (Å²) in [6, 6.07) is 15.5. The lowest BCUT2D eigenvalue weighted by atomic mass is 10.1. The molecule has 1 aromatic heterocycles. The Morgan fingerprint density at radius 1 is 1.17 bits per heavy atom. The van der Waals surface area contributed by atoms with E-state index < -0.39 is 12.2 Å². The Morgan fingerprint density at radius 2 is 2.03 bits per heavy atom. The van der Waals surface area contributed by atoms with Crippen LogP contribution in [0.15, 0.2) is 60.9 Å². The first-order valence-electron chi connectivity index (χ1n) is 10.1. The summed E-state index contributed by atoms with van der Waals surface area (Å²) in [5, 5.41) is 14.4. The van der Waals surface area contributed by atoms with Crippen LogP contribution in [-0.4, -0.2) is 51.1 Å². The number of amides is 1. The molecule has 154 valence electrons. The van der Waals surface area contributed by atoms with Gasteiger partial charge in [-0.15, -0.1) is 0 Å². The van der Waals surface area contributed by atoms with Gasteiger partial charge >= 0.3 is 0 Å². The summed E-state index contributed by atoms with van der Waals surface area (Å²) in [5.41, 5.74) is 3.55. The molecule has 0 spiro atoms. The van der Waals surface area contributed by atoms with Gasteiger partial charge in [-0.1, -0.05) is 24.3 Å². The van der Waals surface area contributed by atoms with Crippen LogP contribution in [0.1, 0.15) is 27.9 Å². The Bertz CT molecular complexity index is 1030. The maximum absolute atomic E-state index is 13.1. The third-order valence-electron chi connectivity index (χ3n) is 5.60. The van der Waals surface area contributed by atoms with Crippen molar-refractivity contribution in [3.8, 4) is 11.4 Å². The normalized spacial score (nSPS) is 21.0. The Morgan fingerprint density at radius 3 is 2.80 bits per heavy atom. The summed E-state index contributed by atoms with van der Waals surface area (Å²) in [6.45, 7) is 1.91. The predicted octanol–water partition coefficient (Wildman–Crippen LogP) is 2.56. The van der Waals surface area contributed by atoms with E-state index in [4.69, 9.17) is 9.47 Å². The van der Waals surface area contributed by atoms with Crippen molar-refractivity contribution in [2.24, 2.45) is 0 Å². The highest BCUT2D eigenvalue weighted by Gasteiger charge is 2.33. The van der Waals surface area contributed by atoms with E-state index in [1.807, 2.05) is 53.6 Å². The minimum atomic E-state index is -0.587. The molecule has 2 aliphatic heterocycles. The Hall–Kier alpha value is -3.16. The maximum Gasteiger partial charge on any atom is 0.258 e. The Labute approximate surface area is 174 Å². The van der Waals surface area contributed by atoms with Gasteiger partial charge in [0, 0.05) is 38.5 Å². The molecule has 3 aromatic rings. The first-order valence-corrected chi connectivity index (χ1v) is 10.1. The zero-order valence-corrected chi connectivity index (χ0v) is 16.5. The first kappa shape index (κ1) is 18.8. The number of aromatic nitrogens is 2. The van der Waals surface area contributed by atoms with Crippen LogP contribution in [0.2, 0.25) is 0 Å². The van der Waals surface area contributed by atoms with E-state index in [9.17, 15) is 9.90 Å². The van der Waals surface area contributed by atoms with E-state index in [-0.39, 0.29) is 5.91 Å². The second-order valence-electron chi connectivity index (χ2n) is 7.66. The summed E-state index contributed by atoms with van der Waals surface area (Å²) < 4.78 is 13.2. The number of aliphatic hydroxyl groups is 1. The SMILES string of the molecule is O=C1c2c(cccc2O[C@H]2COCC[C@@H]2O)CN1Cc1ccc(-n2cccn2)cc1. The molecule has 1 N–H and O–H groups in total. The standard InChI is InChI=1S/C23H23N3O4/c27-19-9-12-29-15-21(19)30-20-4-1-3-17-14-25(23(28)22(17)20)13-16-5-7-18(8-6-16)26-11-2-10-24-26/h1-8,10-11,19,21,27H,9,12-15H2/t19-,21-/m0/s1. The number of nitrogens with zero attached hydrogens (tertiary/aromatic N) is 3. The number of aliphatic hydroxyl groups excluding tert-OH is 1. The molecule has 2 atom stereocenters. The van der Waals surface area contributed by atoms with Crippen LogP contribution in [0.25, 0.3) is 5.69 Å². The van der Waals surface area contributed by atoms with Crippen LogP contribution >= 0.6 is 0 Å². The molecule has 30 heavy (non-hydrogen) atoms. The lowest BCUT2D eigenvalue weighted by Gasteiger charge is -2.28. The van der Waals surface area contributed by atoms with Gasteiger partial charge in [0.15, 0.2) is 0 Å². The van der Waals surface area contributed by atoms with Crippen LogP contribution in [-0.2, 0) is 17.8 Å². The number of hydrogen-bond acceptors (Lipinski definition) is 5. The van der Waals surface area contributed by atoms with Gasteiger partial charge in [-0.05, 0) is 35.4 Å². The van der Waals surface area contributed by atoms with Crippen molar-refractivity contribution in [2.75, 3.05) is 13.2 Å². The monoisotopic (exact) mass is 405 g/mol. The molecule has 5 rings (SSSR count). The second-order valence-corrected chi connectivity index (χ2v) is 7.66. The van der Waals surface area contributed by atoms with E-state index in [0.29, 0.717) is 44.0 Å². The smallest absolute Gasteiger partial charge is 0.258 e. The van der Waals surface area contributed by atoms with Crippen molar-refractivity contribution >= 4 is 5.91 Å². The highest BCUT2D eigenvalue weighted by Crippen LogP contribution is 2.33. The van der Waals surface area contributed by atoms with E-state index in [1.165, 1.54) is 0 Å². The number of hydrogen-bond donors (Lipinski definition) is 1. The predicted molar refractivity (Wildman–Crippen MR) is 109 cm³/mol. The van der Waals surface area contributed by atoms with Gasteiger partial charge in [0.25, 0.3) is 5.91 Å². The zero-order valence-electron chi connectivity index (χ0n) is 16.5. The lowest BCUT2D eigenvalue weighted by Crippen LogP contribution is -2.41. The molecule has 7 nitrogen and oxygen atoms in total. The van der Waals surface area contributed by atoms with Gasteiger partial charge < -0.3 is 19.5 Å². The number of fused-ring (bicyclic) bond motifs is 1. The van der Waals surface area contributed by atoms with Gasteiger partial charge in [-0.25, -0.2) is 4.68 Å². The summed E-state index contributed by atoms with van der Waals surface area (Å²) in [4.78, 5) is 15.0. The second kappa shape index (κ2) is 7.93. The van der Waals surface area contributed by atoms with E-state index in [0.717, 1.165) is 16.8 Å². The molecule has 0 radical (unpaired) electrons. The summed E-state index contributed by atoms with van der Waals surface area (Å²) in [5.74, 6) is 0.464. The van der Waals surface area contributed by atoms with E-state index in [2.05, 4.69) is 5.10 Å². The minimum absolute atomic E-state index is 0.0528. The van der Waals surface area contributed by atoms with Crippen LogP contribution < -0.4 is 4.74 Å². The molecule has 1 fully saturated rings. The van der Waals surface area contributed by atoms with Crippen molar-refractivity contribution in [2.45, 2.75) is 31.7 Å². The lowest BCUT2D eigenvalue weighted by molar-refractivity contribution is -0.0736. The summed E-state index contributed by atoms with van der Waals surface area (Å²) >= 11 is 0. The molecule has 1 amide bonds. The van der Waals surface area contributed by atoms with Crippen LogP contribution in [0, 0.1) is 0 Å². The maximum atomic E-state index is 13.1. The van der Waals surface area contributed by atoms with Gasteiger partial charge in [-0.3, -0.25) is 4.79 Å². The summed E-state index contributed by atoms with van der Waals surface area (Å²) in [6.07, 6.45) is 3.13. The number of ether oxygens (including phenoxy) is 2. The largest absolute Gasteiger partial charge is 0.484 e. The molecule has 2 aliphatic rings. The number of rotatable bonds is 5. The average Bonchev–Trinajstić information content (AvgIpc) is 3.40. The molecule has 3 heterocycles. The van der Waals surface area contributed by atoms with E-state index >= 15 is 0 Å². The van der Waals surface area contributed by atoms with Gasteiger partial charge in [-0.2, -0.15) is 5.10 Å². The fraction of sp³-hybridized carbons (Fsp3) is 0.304. The van der Waals surface area contributed by atoms with E-state index in [1.54, 1.807) is 16.9 Å². The molecule has 0 aliphatic carbocycles. The third kappa shape index (κ3) is 3.58. The van der Waals surface area contributed by atoms with Gasteiger partial charge in [0.1, 0.15) is 11.9 Å².